The van der Waals surface area contributed by atoms with Crippen LogP contribution in [0.3, 0.4) is 0 Å². The predicted molar refractivity (Wildman–Crippen MR) is 82.5 cm³/mol. The van der Waals surface area contributed by atoms with Crippen molar-refractivity contribution in [1.82, 2.24) is 5.43 Å². The van der Waals surface area contributed by atoms with Crippen LogP contribution in [0.15, 0.2) is 54.6 Å². The fraction of sp³-hybridized carbons (Fsp3) is 0.294. The molecule has 0 saturated heterocycles. The molecular weight excluding hydrogens is 248 g/mol. The highest BCUT2D eigenvalue weighted by Crippen LogP contribution is 2.36. The number of nitrogens with two attached hydrogens (primary N) is 1. The molecule has 0 aliphatic heterocycles. The Bertz CT molecular complexity index is 535. The quantitative estimate of drug-likeness (QED) is 0.648. The highest BCUT2D eigenvalue weighted by Gasteiger charge is 2.31. The molecule has 20 heavy (non-hydrogen) atoms. The van der Waals surface area contributed by atoms with Crippen LogP contribution in [-0.2, 0) is 5.41 Å². The lowest BCUT2D eigenvalue weighted by molar-refractivity contribution is 0.352. The summed E-state index contributed by atoms with van der Waals surface area (Å²) in [6, 6.07) is 18.4. The molecule has 106 valence electrons. The Morgan fingerprint density at radius 1 is 1.00 bits per heavy atom. The zero-order valence-corrected chi connectivity index (χ0v) is 12.3. The summed E-state index contributed by atoms with van der Waals surface area (Å²) in [5.41, 5.74) is 5.22. The van der Waals surface area contributed by atoms with E-state index in [0.29, 0.717) is 0 Å². The SMILES string of the molecule is COc1ccc(C(NN)C(C)(C)c2ccccc2)cc1. The second-order valence-corrected chi connectivity index (χ2v) is 5.46. The first-order valence-corrected chi connectivity index (χ1v) is 6.75. The maximum absolute atomic E-state index is 5.82. The maximum Gasteiger partial charge on any atom is 0.118 e. The Balaban J connectivity index is 2.35. The molecule has 3 N–H and O–H groups in total. The topological polar surface area (TPSA) is 47.3 Å². The summed E-state index contributed by atoms with van der Waals surface area (Å²) in [5, 5.41) is 0. The van der Waals surface area contributed by atoms with Crippen molar-refractivity contribution in [2.45, 2.75) is 25.3 Å². The predicted octanol–water partition coefficient (Wildman–Crippen LogP) is 3.18. The van der Waals surface area contributed by atoms with E-state index in [0.717, 1.165) is 11.3 Å². The largest absolute Gasteiger partial charge is 0.497 e. The lowest BCUT2D eigenvalue weighted by Gasteiger charge is -2.35. The van der Waals surface area contributed by atoms with Gasteiger partial charge < -0.3 is 4.74 Å². The van der Waals surface area contributed by atoms with Gasteiger partial charge in [-0.2, -0.15) is 0 Å². The molecule has 2 rings (SSSR count). The monoisotopic (exact) mass is 270 g/mol. The second-order valence-electron chi connectivity index (χ2n) is 5.46. The molecule has 0 aliphatic rings. The van der Waals surface area contributed by atoms with Crippen LogP contribution in [0.25, 0.3) is 0 Å². The summed E-state index contributed by atoms with van der Waals surface area (Å²) in [6.45, 7) is 4.38. The molecular formula is C17H22N2O. The van der Waals surface area contributed by atoms with Crippen molar-refractivity contribution >= 4 is 0 Å². The van der Waals surface area contributed by atoms with Gasteiger partial charge >= 0.3 is 0 Å². The van der Waals surface area contributed by atoms with Crippen LogP contribution < -0.4 is 16.0 Å². The third-order valence-electron chi connectivity index (χ3n) is 3.86. The molecule has 2 aromatic rings. The molecule has 0 amide bonds. The van der Waals surface area contributed by atoms with Gasteiger partial charge in [0.1, 0.15) is 5.75 Å². The Morgan fingerprint density at radius 3 is 2.10 bits per heavy atom. The highest BCUT2D eigenvalue weighted by atomic mass is 16.5. The normalized spacial score (nSPS) is 13.0. The third-order valence-corrected chi connectivity index (χ3v) is 3.86. The highest BCUT2D eigenvalue weighted by molar-refractivity contribution is 5.34. The number of benzene rings is 2. The standard InChI is InChI=1S/C17H22N2O/c1-17(2,14-7-5-4-6-8-14)16(19-18)13-9-11-15(20-3)12-10-13/h4-12,16,19H,18H2,1-3H3. The van der Waals surface area contributed by atoms with Gasteiger partial charge in [-0.25, -0.2) is 0 Å². The number of ether oxygens (including phenoxy) is 1. The van der Waals surface area contributed by atoms with E-state index in [1.807, 2.05) is 30.3 Å². The molecule has 0 fully saturated rings. The average molecular weight is 270 g/mol. The van der Waals surface area contributed by atoms with Crippen molar-refractivity contribution in [3.8, 4) is 5.75 Å². The molecule has 0 heterocycles. The van der Waals surface area contributed by atoms with Crippen LogP contribution in [0.1, 0.15) is 31.0 Å². The zero-order chi connectivity index (χ0) is 14.6. The van der Waals surface area contributed by atoms with Crippen LogP contribution in [0.4, 0.5) is 0 Å². The number of hydrogen-bond donors (Lipinski definition) is 2. The van der Waals surface area contributed by atoms with Gasteiger partial charge in [0.05, 0.1) is 13.2 Å². The number of nitrogens with one attached hydrogen (secondary N) is 1. The van der Waals surface area contributed by atoms with Gasteiger partial charge in [0.15, 0.2) is 0 Å². The van der Waals surface area contributed by atoms with Gasteiger partial charge in [-0.05, 0) is 23.3 Å². The van der Waals surface area contributed by atoms with Gasteiger partial charge in [0.2, 0.25) is 0 Å². The van der Waals surface area contributed by atoms with Crippen molar-refractivity contribution in [2.75, 3.05) is 7.11 Å². The number of methoxy groups -OCH3 is 1. The van der Waals surface area contributed by atoms with Crippen molar-refractivity contribution in [3.05, 3.63) is 65.7 Å². The molecule has 0 saturated carbocycles. The third kappa shape index (κ3) is 2.84. The summed E-state index contributed by atoms with van der Waals surface area (Å²) in [6.07, 6.45) is 0. The Hall–Kier alpha value is -1.84. The molecule has 0 aliphatic carbocycles. The molecule has 3 nitrogen and oxygen atoms in total. The minimum atomic E-state index is -0.120. The second kappa shape index (κ2) is 6.07. The van der Waals surface area contributed by atoms with Crippen LogP contribution in [0, 0.1) is 0 Å². The Labute approximate surface area is 120 Å². The lowest BCUT2D eigenvalue weighted by atomic mass is 9.75. The summed E-state index contributed by atoms with van der Waals surface area (Å²) < 4.78 is 5.20. The smallest absolute Gasteiger partial charge is 0.118 e. The maximum atomic E-state index is 5.82. The molecule has 3 heteroatoms. The molecule has 0 radical (unpaired) electrons. The van der Waals surface area contributed by atoms with E-state index in [9.17, 15) is 0 Å². The molecule has 0 bridgehead atoms. The average Bonchev–Trinajstić information content (AvgIpc) is 2.49. The van der Waals surface area contributed by atoms with Crippen molar-refractivity contribution < 1.29 is 4.74 Å². The lowest BCUT2D eigenvalue weighted by Crippen LogP contribution is -2.41. The Kier molecular flexibility index (Phi) is 4.42. The van der Waals surface area contributed by atoms with E-state index in [1.165, 1.54) is 5.56 Å². The summed E-state index contributed by atoms with van der Waals surface area (Å²) >= 11 is 0. The van der Waals surface area contributed by atoms with E-state index in [4.69, 9.17) is 10.6 Å². The van der Waals surface area contributed by atoms with Gasteiger partial charge in [-0.15, -0.1) is 0 Å². The minimum Gasteiger partial charge on any atom is -0.497 e. The van der Waals surface area contributed by atoms with Crippen LogP contribution in [0.2, 0.25) is 0 Å². The van der Waals surface area contributed by atoms with Crippen LogP contribution >= 0.6 is 0 Å². The summed E-state index contributed by atoms with van der Waals surface area (Å²) in [4.78, 5) is 0. The molecule has 2 aromatic carbocycles. The summed E-state index contributed by atoms with van der Waals surface area (Å²) in [5.74, 6) is 6.67. The van der Waals surface area contributed by atoms with Crippen molar-refractivity contribution in [3.63, 3.8) is 0 Å². The van der Waals surface area contributed by atoms with Gasteiger partial charge in [-0.3, -0.25) is 11.3 Å². The zero-order valence-electron chi connectivity index (χ0n) is 12.3. The van der Waals surface area contributed by atoms with E-state index in [2.05, 4.69) is 43.5 Å². The van der Waals surface area contributed by atoms with E-state index in [1.54, 1.807) is 7.11 Å². The van der Waals surface area contributed by atoms with Crippen molar-refractivity contribution in [2.24, 2.45) is 5.84 Å². The van der Waals surface area contributed by atoms with Gasteiger partial charge in [0.25, 0.3) is 0 Å². The number of hydrazine groups is 1. The first kappa shape index (κ1) is 14.6. The minimum absolute atomic E-state index is 0.0239. The van der Waals surface area contributed by atoms with E-state index >= 15 is 0 Å². The van der Waals surface area contributed by atoms with Crippen LogP contribution in [0.5, 0.6) is 5.75 Å². The van der Waals surface area contributed by atoms with Crippen molar-refractivity contribution in [1.29, 1.82) is 0 Å². The number of hydrogen-bond acceptors (Lipinski definition) is 3. The summed E-state index contributed by atoms with van der Waals surface area (Å²) in [7, 11) is 1.67. The fourth-order valence-electron chi connectivity index (χ4n) is 2.55. The fourth-order valence-corrected chi connectivity index (χ4v) is 2.55. The van der Waals surface area contributed by atoms with E-state index < -0.39 is 0 Å². The van der Waals surface area contributed by atoms with Gasteiger partial charge in [0, 0.05) is 5.41 Å². The van der Waals surface area contributed by atoms with Crippen LogP contribution in [-0.4, -0.2) is 7.11 Å². The van der Waals surface area contributed by atoms with Gasteiger partial charge in [-0.1, -0.05) is 56.3 Å². The van der Waals surface area contributed by atoms with E-state index in [-0.39, 0.29) is 11.5 Å². The first-order valence-electron chi connectivity index (χ1n) is 6.75. The number of rotatable bonds is 5. The Morgan fingerprint density at radius 2 is 1.60 bits per heavy atom. The molecule has 0 aromatic heterocycles. The first-order chi connectivity index (χ1) is 9.59. The molecule has 1 atom stereocenters. The molecule has 0 spiro atoms. The molecule has 1 unspecified atom stereocenters.